The first-order chi connectivity index (χ1) is 13.6. The van der Waals surface area contributed by atoms with E-state index in [9.17, 15) is 13.2 Å². The van der Waals surface area contributed by atoms with Gasteiger partial charge in [0.25, 0.3) is 5.91 Å². The van der Waals surface area contributed by atoms with Crippen LogP contribution in [0.1, 0.15) is 50.4 Å². The van der Waals surface area contributed by atoms with Gasteiger partial charge in [0.15, 0.2) is 5.58 Å². The lowest BCUT2D eigenvalue weighted by atomic mass is 9.97. The summed E-state index contributed by atoms with van der Waals surface area (Å²) < 4.78 is 32.1. The molecule has 0 aliphatic rings. The minimum Gasteiger partial charge on any atom is -0.440 e. The predicted octanol–water partition coefficient (Wildman–Crippen LogP) is 4.53. The summed E-state index contributed by atoms with van der Waals surface area (Å²) in [5.74, 6) is 0.306. The van der Waals surface area contributed by atoms with Gasteiger partial charge in [0.1, 0.15) is 5.52 Å². The van der Waals surface area contributed by atoms with Crippen molar-refractivity contribution in [3.05, 3.63) is 53.9 Å². The van der Waals surface area contributed by atoms with Crippen LogP contribution in [0.5, 0.6) is 0 Å². The predicted molar refractivity (Wildman–Crippen MR) is 115 cm³/mol. The number of benzene rings is 2. The molecule has 0 radical (unpaired) electrons. The second-order valence-corrected chi connectivity index (χ2v) is 9.75. The fourth-order valence-corrected chi connectivity index (χ4v) is 3.88. The number of carbonyl (C=O) groups excluding carboxylic acids is 1. The molecule has 0 atom stereocenters. The number of hydrogen-bond acceptors (Lipinski definition) is 5. The van der Waals surface area contributed by atoms with Crippen molar-refractivity contribution in [2.75, 3.05) is 15.8 Å². The Hall–Kier alpha value is -2.87. The first-order valence-electron chi connectivity index (χ1n) is 9.40. The average Bonchev–Trinajstić information content (AvgIpc) is 3.05. The molecule has 3 rings (SSSR count). The van der Waals surface area contributed by atoms with Crippen LogP contribution >= 0.6 is 0 Å². The van der Waals surface area contributed by atoms with E-state index in [2.05, 4.69) is 15.0 Å². The van der Waals surface area contributed by atoms with Crippen molar-refractivity contribution in [1.82, 2.24) is 4.98 Å². The second kappa shape index (κ2) is 7.87. The summed E-state index contributed by atoms with van der Waals surface area (Å²) in [5.41, 5.74) is 2.38. The molecule has 0 bridgehead atoms. The lowest BCUT2D eigenvalue weighted by Gasteiger charge is -2.11. The maximum absolute atomic E-state index is 12.6. The van der Waals surface area contributed by atoms with Gasteiger partial charge in [-0.2, -0.15) is 0 Å². The highest BCUT2D eigenvalue weighted by Gasteiger charge is 2.21. The summed E-state index contributed by atoms with van der Waals surface area (Å²) in [6.45, 7) is 7.84. The van der Waals surface area contributed by atoms with E-state index < -0.39 is 10.0 Å². The molecule has 0 aliphatic heterocycles. The van der Waals surface area contributed by atoms with E-state index in [1.807, 2.05) is 20.8 Å². The SMILES string of the molecule is CCCS(=O)(=O)Nc1cccc(C(=O)Nc2ccc3oc(C(C)(C)C)nc3c2)c1. The standard InChI is InChI=1S/C21H25N3O4S/c1-5-11-29(26,27)24-16-8-6-7-14(12-16)19(25)22-15-9-10-18-17(13-15)23-20(28-18)21(2,3)4/h6-10,12-13,24H,5,11H2,1-4H3,(H,22,25). The minimum atomic E-state index is -3.42. The molecule has 0 unspecified atom stereocenters. The van der Waals surface area contributed by atoms with Gasteiger partial charge >= 0.3 is 0 Å². The van der Waals surface area contributed by atoms with E-state index in [0.29, 0.717) is 40.3 Å². The van der Waals surface area contributed by atoms with Gasteiger partial charge in [-0.15, -0.1) is 0 Å². The lowest BCUT2D eigenvalue weighted by Crippen LogP contribution is -2.17. The van der Waals surface area contributed by atoms with Gasteiger partial charge in [-0.3, -0.25) is 9.52 Å². The molecule has 0 saturated carbocycles. The summed E-state index contributed by atoms with van der Waals surface area (Å²) in [6, 6.07) is 11.6. The number of carbonyl (C=O) groups is 1. The smallest absolute Gasteiger partial charge is 0.255 e. The van der Waals surface area contributed by atoms with Crippen LogP contribution in [-0.2, 0) is 15.4 Å². The van der Waals surface area contributed by atoms with Crippen molar-refractivity contribution in [2.45, 2.75) is 39.5 Å². The first-order valence-corrected chi connectivity index (χ1v) is 11.1. The number of nitrogens with zero attached hydrogens (tertiary/aromatic N) is 1. The zero-order chi connectivity index (χ0) is 21.2. The molecule has 1 amide bonds. The summed E-state index contributed by atoms with van der Waals surface area (Å²) in [7, 11) is -3.42. The number of sulfonamides is 1. The summed E-state index contributed by atoms with van der Waals surface area (Å²) in [4.78, 5) is 17.1. The fourth-order valence-electron chi connectivity index (χ4n) is 2.75. The maximum atomic E-state index is 12.6. The van der Waals surface area contributed by atoms with Crippen LogP contribution in [0.3, 0.4) is 0 Å². The monoisotopic (exact) mass is 415 g/mol. The number of hydrogen-bond donors (Lipinski definition) is 2. The summed E-state index contributed by atoms with van der Waals surface area (Å²) in [6.07, 6.45) is 0.511. The Bertz CT molecular complexity index is 1140. The Balaban J connectivity index is 1.79. The molecule has 8 heteroatoms. The zero-order valence-electron chi connectivity index (χ0n) is 16.9. The highest BCUT2D eigenvalue weighted by atomic mass is 32.2. The number of aromatic nitrogens is 1. The summed E-state index contributed by atoms with van der Waals surface area (Å²) in [5, 5.41) is 2.82. The molecule has 0 spiro atoms. The van der Waals surface area contributed by atoms with Crippen LogP contribution in [0.2, 0.25) is 0 Å². The van der Waals surface area contributed by atoms with Crippen LogP contribution in [0.15, 0.2) is 46.9 Å². The van der Waals surface area contributed by atoms with E-state index in [-0.39, 0.29) is 17.1 Å². The third kappa shape index (κ3) is 5.14. The highest BCUT2D eigenvalue weighted by Crippen LogP contribution is 2.27. The topological polar surface area (TPSA) is 101 Å². The minimum absolute atomic E-state index is 0.0255. The molecular weight excluding hydrogens is 390 g/mol. The van der Waals surface area contributed by atoms with E-state index in [4.69, 9.17) is 4.42 Å². The second-order valence-electron chi connectivity index (χ2n) is 7.91. The van der Waals surface area contributed by atoms with Crippen LogP contribution < -0.4 is 10.0 Å². The van der Waals surface area contributed by atoms with Crippen LogP contribution in [0.4, 0.5) is 11.4 Å². The van der Waals surface area contributed by atoms with Gasteiger partial charge in [-0.25, -0.2) is 13.4 Å². The molecule has 0 aliphatic carbocycles. The Kier molecular flexibility index (Phi) is 5.66. The molecule has 0 fully saturated rings. The van der Waals surface area contributed by atoms with Crippen molar-refractivity contribution in [3.63, 3.8) is 0 Å². The van der Waals surface area contributed by atoms with Crippen molar-refractivity contribution in [3.8, 4) is 0 Å². The van der Waals surface area contributed by atoms with Crippen LogP contribution in [0, 0.1) is 0 Å². The average molecular weight is 416 g/mol. The number of amides is 1. The number of oxazole rings is 1. The lowest BCUT2D eigenvalue weighted by molar-refractivity contribution is 0.102. The number of anilines is 2. The van der Waals surface area contributed by atoms with Crippen LogP contribution in [0.25, 0.3) is 11.1 Å². The van der Waals surface area contributed by atoms with Gasteiger partial charge in [0.05, 0.1) is 5.75 Å². The van der Waals surface area contributed by atoms with Gasteiger partial charge in [0.2, 0.25) is 15.9 Å². The number of rotatable bonds is 6. The van der Waals surface area contributed by atoms with Crippen molar-refractivity contribution in [2.24, 2.45) is 0 Å². The normalized spacial score (nSPS) is 12.1. The Labute approximate surface area is 170 Å². The van der Waals surface area contributed by atoms with Gasteiger partial charge in [-0.1, -0.05) is 33.8 Å². The van der Waals surface area contributed by atoms with Crippen molar-refractivity contribution in [1.29, 1.82) is 0 Å². The molecule has 0 saturated heterocycles. The van der Waals surface area contributed by atoms with E-state index in [1.54, 1.807) is 43.3 Å². The van der Waals surface area contributed by atoms with Crippen molar-refractivity contribution < 1.29 is 17.6 Å². The Morgan fingerprint density at radius 1 is 1.10 bits per heavy atom. The van der Waals surface area contributed by atoms with Gasteiger partial charge < -0.3 is 9.73 Å². The molecule has 2 aromatic carbocycles. The molecule has 1 heterocycles. The van der Waals surface area contributed by atoms with Gasteiger partial charge in [-0.05, 0) is 42.8 Å². The molecule has 154 valence electrons. The number of fused-ring (bicyclic) bond motifs is 1. The molecule has 29 heavy (non-hydrogen) atoms. The highest BCUT2D eigenvalue weighted by molar-refractivity contribution is 7.92. The van der Waals surface area contributed by atoms with Crippen molar-refractivity contribution >= 4 is 38.4 Å². The maximum Gasteiger partial charge on any atom is 0.255 e. The molecule has 2 N–H and O–H groups in total. The van der Waals surface area contributed by atoms with E-state index >= 15 is 0 Å². The Morgan fingerprint density at radius 2 is 1.86 bits per heavy atom. The third-order valence-electron chi connectivity index (χ3n) is 4.16. The summed E-state index contributed by atoms with van der Waals surface area (Å²) >= 11 is 0. The van der Waals surface area contributed by atoms with E-state index in [1.165, 1.54) is 6.07 Å². The fraction of sp³-hybridized carbons (Fsp3) is 0.333. The molecular formula is C21H25N3O4S. The third-order valence-corrected chi connectivity index (χ3v) is 5.65. The quantitative estimate of drug-likeness (QED) is 0.616. The largest absolute Gasteiger partial charge is 0.440 e. The first kappa shape index (κ1) is 20.9. The number of nitrogens with one attached hydrogen (secondary N) is 2. The molecule has 7 nitrogen and oxygen atoms in total. The van der Waals surface area contributed by atoms with Gasteiger partial charge in [0, 0.05) is 22.4 Å². The molecule has 3 aromatic rings. The zero-order valence-corrected chi connectivity index (χ0v) is 17.8. The van der Waals surface area contributed by atoms with Crippen LogP contribution in [-0.4, -0.2) is 25.1 Å². The van der Waals surface area contributed by atoms with E-state index in [0.717, 1.165) is 0 Å². The Morgan fingerprint density at radius 3 is 2.55 bits per heavy atom. The molecule has 1 aromatic heterocycles.